The molecule has 2 aromatic heterocycles. The van der Waals surface area contributed by atoms with Crippen LogP contribution in [0.2, 0.25) is 0 Å². The van der Waals surface area contributed by atoms with Gasteiger partial charge < -0.3 is 14.7 Å². The van der Waals surface area contributed by atoms with Gasteiger partial charge in [-0.15, -0.1) is 0 Å². The van der Waals surface area contributed by atoms with E-state index in [9.17, 15) is 9.59 Å². The van der Waals surface area contributed by atoms with Crippen LogP contribution in [0.5, 0.6) is 0 Å². The van der Waals surface area contributed by atoms with Gasteiger partial charge in [0.1, 0.15) is 11.4 Å². The fraction of sp³-hybridized carbons (Fsp3) is 0. The Kier molecular flexibility index (Phi) is 3.20. The molecule has 0 saturated heterocycles. The molecular weight excluding hydrogens is 220 g/mol. The van der Waals surface area contributed by atoms with Gasteiger partial charge in [-0.3, -0.25) is 9.59 Å². The summed E-state index contributed by atoms with van der Waals surface area (Å²) in [6.07, 6.45) is 5.83. The normalized spacial score (nSPS) is 10.6. The van der Waals surface area contributed by atoms with Gasteiger partial charge in [-0.1, -0.05) is 0 Å². The SMILES string of the molecule is O=C(/C=C\c1ccco1)Nc1ccc[nH]c1=O. The van der Waals surface area contributed by atoms with Crippen molar-refractivity contribution in [2.24, 2.45) is 0 Å². The van der Waals surface area contributed by atoms with Crippen LogP contribution >= 0.6 is 0 Å². The molecule has 0 radical (unpaired) electrons. The number of furan rings is 1. The molecule has 86 valence electrons. The Hall–Kier alpha value is -2.56. The van der Waals surface area contributed by atoms with E-state index < -0.39 is 5.91 Å². The van der Waals surface area contributed by atoms with Gasteiger partial charge >= 0.3 is 0 Å². The molecule has 2 aromatic rings. The Morgan fingerprint density at radius 2 is 2.24 bits per heavy atom. The van der Waals surface area contributed by atoms with E-state index in [2.05, 4.69) is 10.3 Å². The zero-order chi connectivity index (χ0) is 12.1. The average Bonchev–Trinajstić information content (AvgIpc) is 2.82. The number of aromatic nitrogens is 1. The van der Waals surface area contributed by atoms with E-state index in [0.717, 1.165) is 0 Å². The van der Waals surface area contributed by atoms with E-state index in [0.29, 0.717) is 5.76 Å². The molecule has 0 aliphatic carbocycles. The highest BCUT2D eigenvalue weighted by atomic mass is 16.3. The first-order valence-electron chi connectivity index (χ1n) is 4.96. The van der Waals surface area contributed by atoms with Crippen molar-refractivity contribution < 1.29 is 9.21 Å². The molecule has 1 amide bonds. The molecule has 2 rings (SSSR count). The fourth-order valence-corrected chi connectivity index (χ4v) is 1.24. The molecule has 5 heteroatoms. The van der Waals surface area contributed by atoms with Crippen molar-refractivity contribution in [2.75, 3.05) is 5.32 Å². The zero-order valence-electron chi connectivity index (χ0n) is 8.84. The van der Waals surface area contributed by atoms with Gasteiger partial charge in [0.05, 0.1) is 6.26 Å². The van der Waals surface area contributed by atoms with Gasteiger partial charge in [0.15, 0.2) is 0 Å². The average molecular weight is 230 g/mol. The van der Waals surface area contributed by atoms with Gasteiger partial charge in [-0.2, -0.15) is 0 Å². The maximum Gasteiger partial charge on any atom is 0.271 e. The van der Waals surface area contributed by atoms with E-state index in [-0.39, 0.29) is 11.2 Å². The molecule has 0 aromatic carbocycles. The summed E-state index contributed by atoms with van der Waals surface area (Å²) in [6, 6.07) is 6.60. The van der Waals surface area contributed by atoms with Gasteiger partial charge in [-0.05, 0) is 30.3 Å². The molecule has 0 aliphatic rings. The maximum atomic E-state index is 11.5. The second-order valence-electron chi connectivity index (χ2n) is 3.25. The molecule has 0 spiro atoms. The summed E-state index contributed by atoms with van der Waals surface area (Å²) in [5.41, 5.74) is -0.131. The molecule has 0 unspecified atom stereocenters. The van der Waals surface area contributed by atoms with Crippen LogP contribution in [0.1, 0.15) is 5.76 Å². The summed E-state index contributed by atoms with van der Waals surface area (Å²) >= 11 is 0. The van der Waals surface area contributed by atoms with Crippen molar-refractivity contribution in [1.82, 2.24) is 4.98 Å². The third-order valence-corrected chi connectivity index (χ3v) is 2.02. The van der Waals surface area contributed by atoms with E-state index in [1.807, 2.05) is 0 Å². The van der Waals surface area contributed by atoms with Crippen molar-refractivity contribution >= 4 is 17.7 Å². The first-order chi connectivity index (χ1) is 8.25. The minimum absolute atomic E-state index is 0.210. The second-order valence-corrected chi connectivity index (χ2v) is 3.25. The smallest absolute Gasteiger partial charge is 0.271 e. The van der Waals surface area contributed by atoms with Gasteiger partial charge in [-0.25, -0.2) is 0 Å². The van der Waals surface area contributed by atoms with Crippen molar-refractivity contribution in [1.29, 1.82) is 0 Å². The van der Waals surface area contributed by atoms with E-state index in [1.165, 1.54) is 30.7 Å². The molecule has 5 nitrogen and oxygen atoms in total. The van der Waals surface area contributed by atoms with Crippen LogP contribution in [-0.2, 0) is 4.79 Å². The Morgan fingerprint density at radius 3 is 2.94 bits per heavy atom. The Bertz CT molecular complexity index is 582. The van der Waals surface area contributed by atoms with Crippen LogP contribution < -0.4 is 10.9 Å². The van der Waals surface area contributed by atoms with Gasteiger partial charge in [0, 0.05) is 12.3 Å². The molecule has 0 atom stereocenters. The van der Waals surface area contributed by atoms with Crippen molar-refractivity contribution in [3.63, 3.8) is 0 Å². The van der Waals surface area contributed by atoms with Crippen molar-refractivity contribution in [2.45, 2.75) is 0 Å². The summed E-state index contributed by atoms with van der Waals surface area (Å²) in [6.45, 7) is 0. The fourth-order valence-electron chi connectivity index (χ4n) is 1.24. The molecule has 0 aliphatic heterocycles. The lowest BCUT2D eigenvalue weighted by molar-refractivity contribution is -0.111. The number of pyridine rings is 1. The van der Waals surface area contributed by atoms with E-state index >= 15 is 0 Å². The summed E-state index contributed by atoms with van der Waals surface area (Å²) in [5, 5.41) is 2.46. The monoisotopic (exact) mass is 230 g/mol. The van der Waals surface area contributed by atoms with Crippen molar-refractivity contribution in [3.05, 3.63) is 58.9 Å². The van der Waals surface area contributed by atoms with E-state index in [1.54, 1.807) is 18.2 Å². The standard InChI is InChI=1S/C12H10N2O3/c15-11(6-5-9-3-2-8-17-9)14-10-4-1-7-13-12(10)16/h1-8H,(H,13,16)(H,14,15)/b6-5-. The number of carbonyl (C=O) groups is 1. The third kappa shape index (κ3) is 2.94. The number of amides is 1. The summed E-state index contributed by atoms with van der Waals surface area (Å²) in [7, 11) is 0. The number of hydrogen-bond acceptors (Lipinski definition) is 3. The predicted octanol–water partition coefficient (Wildman–Crippen LogP) is 1.62. The van der Waals surface area contributed by atoms with Crippen molar-refractivity contribution in [3.8, 4) is 0 Å². The Balaban J connectivity index is 2.03. The van der Waals surface area contributed by atoms with Crippen LogP contribution in [0.3, 0.4) is 0 Å². The Labute approximate surface area is 96.8 Å². The number of nitrogens with one attached hydrogen (secondary N) is 2. The number of anilines is 1. The number of H-pyrrole nitrogens is 1. The first kappa shape index (κ1) is 10.9. The van der Waals surface area contributed by atoms with Crippen LogP contribution in [0.4, 0.5) is 5.69 Å². The number of rotatable bonds is 3. The number of aromatic amines is 1. The highest BCUT2D eigenvalue weighted by Gasteiger charge is 2.01. The molecule has 2 heterocycles. The molecule has 0 saturated carbocycles. The minimum Gasteiger partial charge on any atom is -0.465 e. The molecular formula is C12H10N2O3. The quantitative estimate of drug-likeness (QED) is 0.787. The van der Waals surface area contributed by atoms with E-state index in [4.69, 9.17) is 4.42 Å². The molecule has 0 fully saturated rings. The summed E-state index contributed by atoms with van der Waals surface area (Å²) < 4.78 is 5.02. The van der Waals surface area contributed by atoms with Crippen LogP contribution in [0.15, 0.2) is 52.0 Å². The third-order valence-electron chi connectivity index (χ3n) is 2.02. The topological polar surface area (TPSA) is 75.1 Å². The molecule has 2 N–H and O–H groups in total. The Morgan fingerprint density at radius 1 is 1.35 bits per heavy atom. The lowest BCUT2D eigenvalue weighted by atomic mass is 10.3. The number of carbonyl (C=O) groups excluding carboxylic acids is 1. The highest BCUT2D eigenvalue weighted by molar-refractivity contribution is 6.01. The summed E-state index contributed by atoms with van der Waals surface area (Å²) in [4.78, 5) is 25.2. The predicted molar refractivity (Wildman–Crippen MR) is 63.4 cm³/mol. The number of hydrogen-bond donors (Lipinski definition) is 2. The maximum absolute atomic E-state index is 11.5. The zero-order valence-corrected chi connectivity index (χ0v) is 8.84. The van der Waals surface area contributed by atoms with Crippen LogP contribution in [-0.4, -0.2) is 10.9 Å². The largest absolute Gasteiger partial charge is 0.465 e. The lowest BCUT2D eigenvalue weighted by Crippen LogP contribution is -2.17. The first-order valence-corrected chi connectivity index (χ1v) is 4.96. The second kappa shape index (κ2) is 4.98. The van der Waals surface area contributed by atoms with Gasteiger partial charge in [0.2, 0.25) is 5.91 Å². The van der Waals surface area contributed by atoms with Crippen LogP contribution in [0, 0.1) is 0 Å². The highest BCUT2D eigenvalue weighted by Crippen LogP contribution is 2.03. The summed E-state index contributed by atoms with van der Waals surface area (Å²) in [5.74, 6) is 0.181. The van der Waals surface area contributed by atoms with Gasteiger partial charge in [0.25, 0.3) is 5.56 Å². The van der Waals surface area contributed by atoms with Crippen LogP contribution in [0.25, 0.3) is 6.08 Å². The lowest BCUT2D eigenvalue weighted by Gasteiger charge is -1.98. The minimum atomic E-state index is -0.391. The molecule has 17 heavy (non-hydrogen) atoms. The molecule has 0 bridgehead atoms.